The molecule has 0 saturated carbocycles. The molecule has 152 valence electrons. The van der Waals surface area contributed by atoms with E-state index in [1.54, 1.807) is 0 Å². The second-order valence-electron chi connectivity index (χ2n) is 7.96. The van der Waals surface area contributed by atoms with E-state index in [4.69, 9.17) is 4.74 Å². The number of benzene rings is 2. The molecule has 0 aromatic heterocycles. The van der Waals surface area contributed by atoms with Crippen molar-refractivity contribution in [1.29, 1.82) is 0 Å². The Morgan fingerprint density at radius 3 is 2.66 bits per heavy atom. The van der Waals surface area contributed by atoms with Gasteiger partial charge in [-0.15, -0.1) is 0 Å². The first-order valence-corrected chi connectivity index (χ1v) is 10.6. The lowest BCUT2D eigenvalue weighted by Gasteiger charge is -2.38. The molecule has 4 rings (SSSR count). The summed E-state index contributed by atoms with van der Waals surface area (Å²) in [6.45, 7) is 7.60. The van der Waals surface area contributed by atoms with Crippen LogP contribution in [0.2, 0.25) is 0 Å². The summed E-state index contributed by atoms with van der Waals surface area (Å²) in [6, 6.07) is 18.8. The van der Waals surface area contributed by atoms with Crippen molar-refractivity contribution in [3.05, 3.63) is 77.4 Å². The predicted octanol–water partition coefficient (Wildman–Crippen LogP) is 4.01. The zero-order valence-electron chi connectivity index (χ0n) is 17.3. The second kappa shape index (κ2) is 8.93. The molecule has 2 heterocycles. The molecular formula is C25H30N2O2. The fourth-order valence-corrected chi connectivity index (χ4v) is 4.63. The van der Waals surface area contributed by atoms with Crippen molar-refractivity contribution in [3.63, 3.8) is 0 Å². The van der Waals surface area contributed by atoms with Crippen LogP contribution < -0.4 is 5.32 Å². The van der Waals surface area contributed by atoms with Crippen LogP contribution in [0.15, 0.2) is 60.7 Å². The van der Waals surface area contributed by atoms with Crippen LogP contribution in [0, 0.1) is 5.92 Å². The molecule has 0 bridgehead atoms. The average molecular weight is 391 g/mol. The van der Waals surface area contributed by atoms with Crippen molar-refractivity contribution in [2.24, 2.45) is 5.92 Å². The van der Waals surface area contributed by atoms with E-state index >= 15 is 0 Å². The van der Waals surface area contributed by atoms with E-state index < -0.39 is 0 Å². The van der Waals surface area contributed by atoms with Crippen LogP contribution >= 0.6 is 0 Å². The number of morpholine rings is 1. The molecule has 3 atom stereocenters. The monoisotopic (exact) mass is 390 g/mol. The number of allylic oxidation sites excluding steroid dienone is 2. The Labute approximate surface area is 173 Å². The van der Waals surface area contributed by atoms with Gasteiger partial charge in [-0.25, -0.2) is 0 Å². The Bertz CT molecular complexity index is 877. The molecule has 1 amide bonds. The van der Waals surface area contributed by atoms with Gasteiger partial charge in [0.2, 0.25) is 5.91 Å². The number of carbonyl (C=O) groups excluding carboxylic acids is 1. The topological polar surface area (TPSA) is 41.6 Å². The SMILES string of the molecule is C/C=C(\C)c1ccccc1[C@@H]1CNC[C@H]1C(=O)N1CCOC[C@@H]1c1ccccc1. The third-order valence-electron chi connectivity index (χ3n) is 6.35. The summed E-state index contributed by atoms with van der Waals surface area (Å²) in [5.74, 6) is 0.378. The van der Waals surface area contributed by atoms with Crippen molar-refractivity contribution in [2.75, 3.05) is 32.8 Å². The minimum Gasteiger partial charge on any atom is -0.377 e. The van der Waals surface area contributed by atoms with Gasteiger partial charge in [0, 0.05) is 25.6 Å². The van der Waals surface area contributed by atoms with Gasteiger partial charge in [0.1, 0.15) is 0 Å². The highest BCUT2D eigenvalue weighted by molar-refractivity contribution is 5.82. The molecule has 2 aliphatic heterocycles. The molecule has 0 spiro atoms. The Kier molecular flexibility index (Phi) is 6.12. The maximum Gasteiger partial charge on any atom is 0.228 e. The van der Waals surface area contributed by atoms with Gasteiger partial charge in [0.15, 0.2) is 0 Å². The first kappa shape index (κ1) is 19.9. The van der Waals surface area contributed by atoms with Gasteiger partial charge in [-0.2, -0.15) is 0 Å². The molecule has 2 aliphatic rings. The van der Waals surface area contributed by atoms with E-state index in [0.717, 1.165) is 18.7 Å². The van der Waals surface area contributed by atoms with E-state index in [0.29, 0.717) is 19.8 Å². The number of rotatable bonds is 4. The Morgan fingerprint density at radius 2 is 1.86 bits per heavy atom. The fourth-order valence-electron chi connectivity index (χ4n) is 4.63. The molecule has 29 heavy (non-hydrogen) atoms. The molecule has 0 unspecified atom stereocenters. The summed E-state index contributed by atoms with van der Waals surface area (Å²) in [5.41, 5.74) is 4.93. The smallest absolute Gasteiger partial charge is 0.228 e. The van der Waals surface area contributed by atoms with E-state index in [2.05, 4.69) is 66.5 Å². The number of hydrogen-bond acceptors (Lipinski definition) is 3. The zero-order chi connectivity index (χ0) is 20.2. The van der Waals surface area contributed by atoms with Gasteiger partial charge >= 0.3 is 0 Å². The molecular weight excluding hydrogens is 360 g/mol. The molecule has 0 radical (unpaired) electrons. The fraction of sp³-hybridized carbons (Fsp3) is 0.400. The van der Waals surface area contributed by atoms with Crippen LogP contribution in [-0.2, 0) is 9.53 Å². The van der Waals surface area contributed by atoms with Crippen molar-refractivity contribution in [1.82, 2.24) is 10.2 Å². The van der Waals surface area contributed by atoms with E-state index in [1.165, 1.54) is 16.7 Å². The van der Waals surface area contributed by atoms with Crippen LogP contribution in [0.4, 0.5) is 0 Å². The van der Waals surface area contributed by atoms with E-state index in [-0.39, 0.29) is 23.8 Å². The van der Waals surface area contributed by atoms with Crippen molar-refractivity contribution >= 4 is 11.5 Å². The molecule has 4 heteroatoms. The van der Waals surface area contributed by atoms with Gasteiger partial charge in [0.25, 0.3) is 0 Å². The average Bonchev–Trinajstić information content (AvgIpc) is 3.28. The van der Waals surface area contributed by atoms with Crippen LogP contribution in [0.3, 0.4) is 0 Å². The molecule has 2 saturated heterocycles. The summed E-state index contributed by atoms with van der Waals surface area (Å²) in [4.78, 5) is 15.8. The van der Waals surface area contributed by atoms with Gasteiger partial charge < -0.3 is 15.0 Å². The maximum atomic E-state index is 13.7. The summed E-state index contributed by atoms with van der Waals surface area (Å²) in [7, 11) is 0. The maximum absolute atomic E-state index is 13.7. The van der Waals surface area contributed by atoms with Gasteiger partial charge in [-0.1, -0.05) is 60.7 Å². The first-order chi connectivity index (χ1) is 14.2. The van der Waals surface area contributed by atoms with Gasteiger partial charge in [-0.3, -0.25) is 4.79 Å². The summed E-state index contributed by atoms with van der Waals surface area (Å²) in [5, 5.41) is 3.48. The standard InChI is InChI=1S/C25H30N2O2/c1-3-18(2)20-11-7-8-12-21(20)22-15-26-16-23(22)25(28)27-13-14-29-17-24(27)19-9-5-4-6-10-19/h3-12,22-24,26H,13-17H2,1-2H3/b18-3+/t22-,23+,24+/m0/s1. The second-order valence-corrected chi connectivity index (χ2v) is 7.96. The van der Waals surface area contributed by atoms with Crippen LogP contribution in [0.1, 0.15) is 42.5 Å². The number of ether oxygens (including phenoxy) is 1. The summed E-state index contributed by atoms with van der Waals surface area (Å²) < 4.78 is 5.74. The minimum atomic E-state index is -0.0508. The number of amides is 1. The van der Waals surface area contributed by atoms with E-state index in [1.807, 2.05) is 18.2 Å². The third kappa shape index (κ3) is 4.00. The summed E-state index contributed by atoms with van der Waals surface area (Å²) >= 11 is 0. The predicted molar refractivity (Wildman–Crippen MR) is 117 cm³/mol. The lowest BCUT2D eigenvalue weighted by molar-refractivity contribution is -0.144. The van der Waals surface area contributed by atoms with E-state index in [9.17, 15) is 4.79 Å². The normalized spacial score (nSPS) is 25.2. The number of nitrogens with one attached hydrogen (secondary N) is 1. The Balaban J connectivity index is 1.63. The number of carbonyl (C=O) groups is 1. The Hall–Kier alpha value is -2.43. The van der Waals surface area contributed by atoms with Crippen molar-refractivity contribution in [3.8, 4) is 0 Å². The van der Waals surface area contributed by atoms with Gasteiger partial charge in [0.05, 0.1) is 25.2 Å². The molecule has 1 N–H and O–H groups in total. The molecule has 2 aromatic rings. The summed E-state index contributed by atoms with van der Waals surface area (Å²) in [6.07, 6.45) is 2.14. The van der Waals surface area contributed by atoms with Crippen LogP contribution in [-0.4, -0.2) is 43.7 Å². The first-order valence-electron chi connectivity index (χ1n) is 10.6. The lowest BCUT2D eigenvalue weighted by atomic mass is 9.83. The van der Waals surface area contributed by atoms with Crippen LogP contribution in [0.25, 0.3) is 5.57 Å². The molecule has 2 aromatic carbocycles. The minimum absolute atomic E-state index is 0.00813. The highest BCUT2D eigenvalue weighted by atomic mass is 16.5. The van der Waals surface area contributed by atoms with Crippen molar-refractivity contribution in [2.45, 2.75) is 25.8 Å². The van der Waals surface area contributed by atoms with Crippen LogP contribution in [0.5, 0.6) is 0 Å². The van der Waals surface area contributed by atoms with Crippen molar-refractivity contribution < 1.29 is 9.53 Å². The van der Waals surface area contributed by atoms with Gasteiger partial charge in [-0.05, 0) is 36.1 Å². The highest BCUT2D eigenvalue weighted by Gasteiger charge is 2.40. The molecule has 0 aliphatic carbocycles. The molecule has 4 nitrogen and oxygen atoms in total. The largest absolute Gasteiger partial charge is 0.377 e. The highest BCUT2D eigenvalue weighted by Crippen LogP contribution is 2.36. The quantitative estimate of drug-likeness (QED) is 0.858. The molecule has 2 fully saturated rings. The lowest BCUT2D eigenvalue weighted by Crippen LogP contribution is -2.47. The number of nitrogens with zero attached hydrogens (tertiary/aromatic N) is 1. The zero-order valence-corrected chi connectivity index (χ0v) is 17.3. The number of hydrogen-bond donors (Lipinski definition) is 1. The third-order valence-corrected chi connectivity index (χ3v) is 6.35. The Morgan fingerprint density at radius 1 is 1.10 bits per heavy atom.